The Morgan fingerprint density at radius 3 is 2.52 bits per heavy atom. The quantitative estimate of drug-likeness (QED) is 0.902. The van der Waals surface area contributed by atoms with Gasteiger partial charge < -0.3 is 10.1 Å². The van der Waals surface area contributed by atoms with Gasteiger partial charge in [-0.25, -0.2) is 9.78 Å². The standard InChI is InChI=1S/C15H18N4O2/c1-15(2,3)21-14(20)19-13-16-10-9-12(18-13)17-11-7-5-4-6-8-11/h4-10H,1-3H3,(H2,16,17,18,19,20). The smallest absolute Gasteiger partial charge is 0.414 e. The Labute approximate surface area is 123 Å². The Hall–Kier alpha value is -2.63. The molecule has 1 amide bonds. The normalized spacial score (nSPS) is 10.8. The SMILES string of the molecule is CC(C)(C)OC(=O)Nc1nccc(Nc2ccccc2)n1. The fourth-order valence-corrected chi connectivity index (χ4v) is 1.55. The van der Waals surface area contributed by atoms with Gasteiger partial charge in [0.05, 0.1) is 0 Å². The molecule has 2 rings (SSSR count). The highest BCUT2D eigenvalue weighted by atomic mass is 16.6. The second-order valence-corrected chi connectivity index (χ2v) is 5.38. The Morgan fingerprint density at radius 2 is 1.86 bits per heavy atom. The van der Waals surface area contributed by atoms with Gasteiger partial charge in [0.1, 0.15) is 11.4 Å². The first-order chi connectivity index (χ1) is 9.92. The molecule has 0 aliphatic heterocycles. The number of hydrogen-bond donors (Lipinski definition) is 2. The Bertz CT molecular complexity index is 609. The van der Waals surface area contributed by atoms with Gasteiger partial charge in [0, 0.05) is 11.9 Å². The number of carbonyl (C=O) groups is 1. The molecule has 21 heavy (non-hydrogen) atoms. The summed E-state index contributed by atoms with van der Waals surface area (Å²) in [5, 5.41) is 5.62. The zero-order chi connectivity index (χ0) is 15.3. The Balaban J connectivity index is 2.03. The van der Waals surface area contributed by atoms with Gasteiger partial charge >= 0.3 is 6.09 Å². The van der Waals surface area contributed by atoms with Crippen LogP contribution in [0.4, 0.5) is 22.2 Å². The molecular weight excluding hydrogens is 268 g/mol. The number of nitrogens with one attached hydrogen (secondary N) is 2. The highest BCUT2D eigenvalue weighted by Gasteiger charge is 2.17. The van der Waals surface area contributed by atoms with Crippen LogP contribution in [0.15, 0.2) is 42.6 Å². The third-order valence-corrected chi connectivity index (χ3v) is 2.31. The minimum Gasteiger partial charge on any atom is -0.444 e. The van der Waals surface area contributed by atoms with Crippen molar-refractivity contribution in [2.75, 3.05) is 10.6 Å². The molecule has 0 saturated carbocycles. The van der Waals surface area contributed by atoms with Crippen molar-refractivity contribution in [2.45, 2.75) is 26.4 Å². The van der Waals surface area contributed by atoms with E-state index in [2.05, 4.69) is 20.6 Å². The van der Waals surface area contributed by atoms with E-state index in [0.29, 0.717) is 5.82 Å². The van der Waals surface area contributed by atoms with E-state index in [1.807, 2.05) is 30.3 Å². The summed E-state index contributed by atoms with van der Waals surface area (Å²) in [4.78, 5) is 19.9. The number of nitrogens with zero attached hydrogens (tertiary/aromatic N) is 2. The van der Waals surface area contributed by atoms with Crippen molar-refractivity contribution >= 4 is 23.5 Å². The zero-order valence-corrected chi connectivity index (χ0v) is 12.3. The predicted octanol–water partition coefficient (Wildman–Crippen LogP) is 3.57. The molecule has 0 spiro atoms. The lowest BCUT2D eigenvalue weighted by atomic mass is 10.2. The van der Waals surface area contributed by atoms with Crippen molar-refractivity contribution in [3.05, 3.63) is 42.6 Å². The number of rotatable bonds is 3. The number of benzene rings is 1. The monoisotopic (exact) mass is 286 g/mol. The van der Waals surface area contributed by atoms with E-state index in [1.165, 1.54) is 0 Å². The Morgan fingerprint density at radius 1 is 1.14 bits per heavy atom. The Kier molecular flexibility index (Phi) is 4.37. The minimum atomic E-state index is -0.584. The number of hydrogen-bond acceptors (Lipinski definition) is 5. The number of aromatic nitrogens is 2. The van der Waals surface area contributed by atoms with Crippen molar-refractivity contribution in [1.29, 1.82) is 0 Å². The van der Waals surface area contributed by atoms with Gasteiger partial charge in [-0.1, -0.05) is 18.2 Å². The van der Waals surface area contributed by atoms with Gasteiger partial charge in [0.15, 0.2) is 0 Å². The average Bonchev–Trinajstić information content (AvgIpc) is 2.38. The molecule has 0 saturated heterocycles. The van der Waals surface area contributed by atoms with Crippen LogP contribution < -0.4 is 10.6 Å². The summed E-state index contributed by atoms with van der Waals surface area (Å²) in [6, 6.07) is 11.3. The fraction of sp³-hybridized carbons (Fsp3) is 0.267. The maximum absolute atomic E-state index is 11.7. The van der Waals surface area contributed by atoms with Crippen molar-refractivity contribution in [3.63, 3.8) is 0 Å². The van der Waals surface area contributed by atoms with Gasteiger partial charge in [0.25, 0.3) is 0 Å². The molecule has 6 heteroatoms. The van der Waals surface area contributed by atoms with Crippen LogP contribution >= 0.6 is 0 Å². The largest absolute Gasteiger partial charge is 0.444 e. The third-order valence-electron chi connectivity index (χ3n) is 2.31. The van der Waals surface area contributed by atoms with Gasteiger partial charge in [-0.3, -0.25) is 5.32 Å². The van der Waals surface area contributed by atoms with Crippen molar-refractivity contribution < 1.29 is 9.53 Å². The average molecular weight is 286 g/mol. The maximum atomic E-state index is 11.7. The van der Waals surface area contributed by atoms with Crippen LogP contribution in [0.1, 0.15) is 20.8 Å². The number of amides is 1. The van der Waals surface area contributed by atoms with Crippen molar-refractivity contribution in [2.24, 2.45) is 0 Å². The first kappa shape index (κ1) is 14.8. The first-order valence-corrected chi connectivity index (χ1v) is 6.57. The molecule has 0 atom stereocenters. The van der Waals surface area contributed by atoms with Crippen LogP contribution in [0, 0.1) is 0 Å². The number of para-hydroxylation sites is 1. The lowest BCUT2D eigenvalue weighted by Crippen LogP contribution is -2.27. The molecule has 2 N–H and O–H groups in total. The van der Waals surface area contributed by atoms with Crippen LogP contribution in [0.2, 0.25) is 0 Å². The highest BCUT2D eigenvalue weighted by Crippen LogP contribution is 2.15. The third kappa shape index (κ3) is 5.10. The van der Waals surface area contributed by atoms with Crippen molar-refractivity contribution in [3.8, 4) is 0 Å². The van der Waals surface area contributed by atoms with E-state index < -0.39 is 11.7 Å². The van der Waals surface area contributed by atoms with E-state index in [4.69, 9.17) is 4.74 Å². The molecule has 0 unspecified atom stereocenters. The number of carbonyl (C=O) groups excluding carboxylic acids is 1. The predicted molar refractivity (Wildman–Crippen MR) is 81.6 cm³/mol. The second kappa shape index (κ2) is 6.21. The van der Waals surface area contributed by atoms with Crippen LogP contribution in [-0.4, -0.2) is 21.7 Å². The molecule has 110 valence electrons. The van der Waals surface area contributed by atoms with Gasteiger partial charge in [-0.15, -0.1) is 0 Å². The molecule has 2 aromatic rings. The lowest BCUT2D eigenvalue weighted by Gasteiger charge is -2.19. The summed E-state index contributed by atoms with van der Waals surface area (Å²) in [5.41, 5.74) is 0.337. The first-order valence-electron chi connectivity index (χ1n) is 6.57. The topological polar surface area (TPSA) is 76.1 Å². The maximum Gasteiger partial charge on any atom is 0.414 e. The van der Waals surface area contributed by atoms with Crippen molar-refractivity contribution in [1.82, 2.24) is 9.97 Å². The molecule has 1 aromatic carbocycles. The molecule has 0 bridgehead atoms. The molecular formula is C15H18N4O2. The van der Waals surface area contributed by atoms with Crippen LogP contribution in [-0.2, 0) is 4.74 Å². The molecule has 1 heterocycles. The van der Waals surface area contributed by atoms with E-state index in [0.717, 1.165) is 5.69 Å². The van der Waals surface area contributed by atoms with Gasteiger partial charge in [-0.05, 0) is 39.0 Å². The fourth-order valence-electron chi connectivity index (χ4n) is 1.55. The van der Waals surface area contributed by atoms with E-state index in [-0.39, 0.29) is 5.95 Å². The van der Waals surface area contributed by atoms with Gasteiger partial charge in [0.2, 0.25) is 5.95 Å². The minimum absolute atomic E-state index is 0.185. The van der Waals surface area contributed by atoms with Gasteiger partial charge in [-0.2, -0.15) is 4.98 Å². The molecule has 0 aliphatic rings. The zero-order valence-electron chi connectivity index (χ0n) is 12.3. The summed E-state index contributed by atoms with van der Waals surface area (Å²) in [6.45, 7) is 5.38. The van der Waals surface area contributed by atoms with Crippen LogP contribution in [0.25, 0.3) is 0 Å². The van der Waals surface area contributed by atoms with Crippen LogP contribution in [0.5, 0.6) is 0 Å². The number of anilines is 3. The summed E-state index contributed by atoms with van der Waals surface area (Å²) in [6.07, 6.45) is 0.977. The van der Waals surface area contributed by atoms with E-state index in [9.17, 15) is 4.79 Å². The second-order valence-electron chi connectivity index (χ2n) is 5.38. The lowest BCUT2D eigenvalue weighted by molar-refractivity contribution is 0.0634. The van der Waals surface area contributed by atoms with Crippen LogP contribution in [0.3, 0.4) is 0 Å². The molecule has 0 aliphatic carbocycles. The van der Waals surface area contributed by atoms with E-state index in [1.54, 1.807) is 33.0 Å². The summed E-state index contributed by atoms with van der Waals surface area (Å²) in [5.74, 6) is 0.771. The molecule has 0 fully saturated rings. The number of ether oxygens (including phenoxy) is 1. The summed E-state index contributed by atoms with van der Waals surface area (Å²) >= 11 is 0. The summed E-state index contributed by atoms with van der Waals surface area (Å²) in [7, 11) is 0. The molecule has 6 nitrogen and oxygen atoms in total. The molecule has 1 aromatic heterocycles. The van der Waals surface area contributed by atoms with E-state index >= 15 is 0 Å². The highest BCUT2D eigenvalue weighted by molar-refractivity contribution is 5.82. The summed E-state index contributed by atoms with van der Waals surface area (Å²) < 4.78 is 5.15. The molecule has 0 radical (unpaired) electrons.